The van der Waals surface area contributed by atoms with Crippen molar-refractivity contribution in [2.24, 2.45) is 11.5 Å². The van der Waals surface area contributed by atoms with Gasteiger partial charge in [-0.05, 0) is 18.4 Å². The highest BCUT2D eigenvalue weighted by Crippen LogP contribution is 2.16. The Kier molecular flexibility index (Phi) is 5.88. The Morgan fingerprint density at radius 2 is 1.93 bits per heavy atom. The Morgan fingerprint density at radius 1 is 1.36 bits per heavy atom. The molecule has 3 nitrogen and oxygen atoms in total. The first-order valence-corrected chi connectivity index (χ1v) is 4.89. The minimum absolute atomic E-state index is 0.193. The van der Waals surface area contributed by atoms with Crippen LogP contribution in [0.15, 0.2) is 24.3 Å². The van der Waals surface area contributed by atoms with Gasteiger partial charge in [-0.1, -0.05) is 32.1 Å². The third kappa shape index (κ3) is 4.82. The molecule has 0 aromatic carbocycles. The molecule has 0 aromatic rings. The van der Waals surface area contributed by atoms with Crippen molar-refractivity contribution in [3.63, 3.8) is 0 Å². The van der Waals surface area contributed by atoms with Crippen molar-refractivity contribution in [1.29, 1.82) is 0 Å². The highest BCUT2D eigenvalue weighted by Gasteiger charge is 2.10. The molecule has 0 saturated heterocycles. The Labute approximate surface area is 85.9 Å². The van der Waals surface area contributed by atoms with Gasteiger partial charge in [0.25, 0.3) is 0 Å². The zero-order valence-electron chi connectivity index (χ0n) is 8.88. The first-order chi connectivity index (χ1) is 6.49. The van der Waals surface area contributed by atoms with Crippen molar-refractivity contribution in [2.45, 2.75) is 38.6 Å². The molecule has 0 aromatic heterocycles. The Balaban J connectivity index is 3.98. The van der Waals surface area contributed by atoms with Crippen LogP contribution in [0.1, 0.15) is 32.6 Å². The lowest BCUT2D eigenvalue weighted by Gasteiger charge is -2.15. The maximum Gasteiger partial charge on any atom is 0.217 e. The summed E-state index contributed by atoms with van der Waals surface area (Å²) in [5.74, 6) is -0.325. The zero-order chi connectivity index (χ0) is 11.1. The molecule has 4 N–H and O–H groups in total. The highest BCUT2D eigenvalue weighted by atomic mass is 16.1. The van der Waals surface area contributed by atoms with E-state index in [1.807, 2.05) is 0 Å². The number of hydrogen-bond donors (Lipinski definition) is 2. The number of rotatable bonds is 7. The lowest BCUT2D eigenvalue weighted by molar-refractivity contribution is -0.118. The predicted octanol–water partition coefficient (Wildman–Crippen LogP) is 1.49. The molecule has 1 atom stereocenters. The summed E-state index contributed by atoms with van der Waals surface area (Å²) in [5.41, 5.74) is 12.7. The number of amides is 1. The zero-order valence-corrected chi connectivity index (χ0v) is 8.88. The lowest BCUT2D eigenvalue weighted by Crippen LogP contribution is -2.25. The number of carbonyl (C=O) groups excluding carboxylic acids is 1. The van der Waals surface area contributed by atoms with Crippen LogP contribution in [0.4, 0.5) is 0 Å². The smallest absolute Gasteiger partial charge is 0.217 e. The molecule has 0 radical (unpaired) electrons. The first-order valence-electron chi connectivity index (χ1n) is 4.89. The average Bonchev–Trinajstić information content (AvgIpc) is 2.13. The fourth-order valence-electron chi connectivity index (χ4n) is 1.20. The molecule has 0 aliphatic heterocycles. The average molecular weight is 196 g/mol. The summed E-state index contributed by atoms with van der Waals surface area (Å²) in [6.45, 7) is 9.85. The molecule has 80 valence electrons. The van der Waals surface area contributed by atoms with E-state index in [9.17, 15) is 4.79 Å². The SMILES string of the molecule is C=C(CCC)C(=C)C(N)CCC(N)=O. The number of hydrogen-bond acceptors (Lipinski definition) is 2. The van der Waals surface area contributed by atoms with Crippen LogP contribution in [-0.2, 0) is 4.79 Å². The van der Waals surface area contributed by atoms with Crippen LogP contribution < -0.4 is 11.5 Å². The Morgan fingerprint density at radius 3 is 2.36 bits per heavy atom. The van der Waals surface area contributed by atoms with E-state index in [0.717, 1.165) is 24.0 Å². The molecule has 0 heterocycles. The minimum atomic E-state index is -0.325. The van der Waals surface area contributed by atoms with Gasteiger partial charge in [0.2, 0.25) is 5.91 Å². The van der Waals surface area contributed by atoms with Crippen LogP contribution in [0.2, 0.25) is 0 Å². The normalized spacial score (nSPS) is 12.1. The first kappa shape index (κ1) is 12.9. The van der Waals surface area contributed by atoms with Crippen molar-refractivity contribution in [3.05, 3.63) is 24.3 Å². The minimum Gasteiger partial charge on any atom is -0.370 e. The molecular weight excluding hydrogens is 176 g/mol. The van der Waals surface area contributed by atoms with Crippen LogP contribution in [0.25, 0.3) is 0 Å². The molecule has 0 aliphatic rings. The third-order valence-corrected chi connectivity index (χ3v) is 2.16. The molecule has 0 rings (SSSR count). The summed E-state index contributed by atoms with van der Waals surface area (Å²) < 4.78 is 0. The fraction of sp³-hybridized carbons (Fsp3) is 0.545. The summed E-state index contributed by atoms with van der Waals surface area (Å²) in [5, 5.41) is 0. The second-order valence-corrected chi connectivity index (χ2v) is 3.49. The van der Waals surface area contributed by atoms with Gasteiger partial charge >= 0.3 is 0 Å². The van der Waals surface area contributed by atoms with Gasteiger partial charge in [0.1, 0.15) is 0 Å². The van der Waals surface area contributed by atoms with E-state index in [1.54, 1.807) is 0 Å². The third-order valence-electron chi connectivity index (χ3n) is 2.16. The van der Waals surface area contributed by atoms with E-state index < -0.39 is 0 Å². The predicted molar refractivity (Wildman–Crippen MR) is 59.6 cm³/mol. The van der Waals surface area contributed by atoms with Gasteiger partial charge in [-0.3, -0.25) is 4.79 Å². The number of nitrogens with two attached hydrogens (primary N) is 2. The van der Waals surface area contributed by atoms with E-state index in [4.69, 9.17) is 11.5 Å². The lowest BCUT2D eigenvalue weighted by atomic mass is 9.95. The monoisotopic (exact) mass is 196 g/mol. The summed E-state index contributed by atoms with van der Waals surface area (Å²) in [6, 6.07) is -0.193. The van der Waals surface area contributed by atoms with Gasteiger partial charge in [0.05, 0.1) is 0 Å². The summed E-state index contributed by atoms with van der Waals surface area (Å²) in [7, 11) is 0. The van der Waals surface area contributed by atoms with Crippen LogP contribution in [0, 0.1) is 0 Å². The molecule has 0 bridgehead atoms. The van der Waals surface area contributed by atoms with Gasteiger partial charge < -0.3 is 11.5 Å². The molecule has 0 fully saturated rings. The van der Waals surface area contributed by atoms with Gasteiger partial charge in [-0.2, -0.15) is 0 Å². The largest absolute Gasteiger partial charge is 0.370 e. The molecule has 1 amide bonds. The van der Waals surface area contributed by atoms with Crippen molar-refractivity contribution >= 4 is 5.91 Å². The quantitative estimate of drug-likeness (QED) is 0.606. The van der Waals surface area contributed by atoms with Crippen molar-refractivity contribution in [1.82, 2.24) is 0 Å². The number of primary amides is 1. The molecule has 0 spiro atoms. The molecule has 3 heteroatoms. The van der Waals surface area contributed by atoms with Gasteiger partial charge in [0.15, 0.2) is 0 Å². The maximum absolute atomic E-state index is 10.5. The van der Waals surface area contributed by atoms with Crippen LogP contribution >= 0.6 is 0 Å². The van der Waals surface area contributed by atoms with Gasteiger partial charge in [-0.15, -0.1) is 0 Å². The van der Waals surface area contributed by atoms with E-state index in [1.165, 1.54) is 0 Å². The summed E-state index contributed by atoms with van der Waals surface area (Å²) in [6.07, 6.45) is 2.79. The van der Waals surface area contributed by atoms with E-state index in [-0.39, 0.29) is 11.9 Å². The second kappa shape index (κ2) is 6.38. The molecule has 1 unspecified atom stereocenters. The highest BCUT2D eigenvalue weighted by molar-refractivity contribution is 5.73. The van der Waals surface area contributed by atoms with E-state index >= 15 is 0 Å². The molecule has 0 aliphatic carbocycles. The summed E-state index contributed by atoms with van der Waals surface area (Å²) in [4.78, 5) is 10.5. The molecular formula is C11H20N2O. The molecule has 14 heavy (non-hydrogen) atoms. The number of carbonyl (C=O) groups is 1. The van der Waals surface area contributed by atoms with Crippen LogP contribution in [0.5, 0.6) is 0 Å². The van der Waals surface area contributed by atoms with E-state index in [0.29, 0.717) is 12.8 Å². The van der Waals surface area contributed by atoms with Crippen molar-refractivity contribution in [3.8, 4) is 0 Å². The maximum atomic E-state index is 10.5. The topological polar surface area (TPSA) is 69.1 Å². The van der Waals surface area contributed by atoms with Crippen molar-refractivity contribution < 1.29 is 4.79 Å². The second-order valence-electron chi connectivity index (χ2n) is 3.49. The van der Waals surface area contributed by atoms with E-state index in [2.05, 4.69) is 20.1 Å². The van der Waals surface area contributed by atoms with Crippen LogP contribution in [-0.4, -0.2) is 11.9 Å². The van der Waals surface area contributed by atoms with Crippen molar-refractivity contribution in [2.75, 3.05) is 0 Å². The van der Waals surface area contributed by atoms with Crippen LogP contribution in [0.3, 0.4) is 0 Å². The van der Waals surface area contributed by atoms with Gasteiger partial charge in [0, 0.05) is 12.5 Å². The Hall–Kier alpha value is -1.09. The standard InChI is InChI=1S/C11H20N2O/c1-4-5-8(2)9(3)10(12)6-7-11(13)14/h10H,2-7,12H2,1H3,(H2,13,14). The summed E-state index contributed by atoms with van der Waals surface area (Å²) >= 11 is 0. The Bertz CT molecular complexity index is 233. The van der Waals surface area contributed by atoms with Gasteiger partial charge in [-0.25, -0.2) is 0 Å². The fourth-order valence-corrected chi connectivity index (χ4v) is 1.20. The molecule has 0 saturated carbocycles.